The molecule has 0 bridgehead atoms. The summed E-state index contributed by atoms with van der Waals surface area (Å²) in [6.07, 6.45) is -0.884. The lowest BCUT2D eigenvalue weighted by Gasteiger charge is -2.14. The molecule has 5 nitrogen and oxygen atoms in total. The van der Waals surface area contributed by atoms with Crippen molar-refractivity contribution in [2.45, 2.75) is 40.7 Å². The smallest absolute Gasteiger partial charge is 0.351 e. The zero-order valence-corrected chi connectivity index (χ0v) is 14.7. The summed E-state index contributed by atoms with van der Waals surface area (Å²) in [6, 6.07) is 5.74. The number of hydrogen-bond donors (Lipinski definition) is 1. The normalized spacial score (nSPS) is 11.9. The second-order valence-corrected chi connectivity index (χ2v) is 6.71. The van der Waals surface area contributed by atoms with E-state index in [1.165, 1.54) is 11.3 Å². The van der Waals surface area contributed by atoms with Gasteiger partial charge in [-0.15, -0.1) is 11.3 Å². The minimum absolute atomic E-state index is 0.357. The molecule has 0 unspecified atom stereocenters. The van der Waals surface area contributed by atoms with Gasteiger partial charge in [0, 0.05) is 5.69 Å². The molecule has 23 heavy (non-hydrogen) atoms. The topological polar surface area (TPSA) is 68.3 Å². The molecule has 1 amide bonds. The van der Waals surface area contributed by atoms with E-state index in [0.29, 0.717) is 16.3 Å². The van der Waals surface area contributed by atoms with Crippen LogP contribution in [0.15, 0.2) is 18.2 Å². The second kappa shape index (κ2) is 6.91. The highest BCUT2D eigenvalue weighted by Gasteiger charge is 2.22. The maximum Gasteiger partial charge on any atom is 0.351 e. The number of esters is 1. The van der Waals surface area contributed by atoms with Crippen LogP contribution in [0.3, 0.4) is 0 Å². The monoisotopic (exact) mass is 332 g/mol. The number of carbonyl (C=O) groups excluding carboxylic acids is 2. The molecular formula is C17H20N2O3S. The molecule has 0 spiro atoms. The molecule has 0 aliphatic heterocycles. The van der Waals surface area contributed by atoms with Gasteiger partial charge in [0.05, 0.1) is 10.7 Å². The van der Waals surface area contributed by atoms with Gasteiger partial charge in [0.15, 0.2) is 6.10 Å². The Morgan fingerprint density at radius 1 is 1.22 bits per heavy atom. The number of thiazole rings is 1. The van der Waals surface area contributed by atoms with Crippen molar-refractivity contribution in [1.29, 1.82) is 0 Å². The molecule has 0 aliphatic carbocycles. The fourth-order valence-electron chi connectivity index (χ4n) is 2.18. The molecule has 1 N–H and O–H groups in total. The van der Waals surface area contributed by atoms with Gasteiger partial charge in [-0.05, 0) is 46.2 Å². The van der Waals surface area contributed by atoms with Crippen molar-refractivity contribution < 1.29 is 14.3 Å². The predicted octanol–water partition coefficient (Wildman–Crippen LogP) is 3.56. The molecule has 0 saturated heterocycles. The summed E-state index contributed by atoms with van der Waals surface area (Å²) in [4.78, 5) is 29.0. The summed E-state index contributed by atoms with van der Waals surface area (Å²) >= 11 is 1.27. The highest BCUT2D eigenvalue weighted by atomic mass is 32.1. The number of aryl methyl sites for hydroxylation is 4. The molecule has 1 aromatic carbocycles. The van der Waals surface area contributed by atoms with Crippen molar-refractivity contribution >= 4 is 28.9 Å². The molecule has 0 saturated carbocycles. The van der Waals surface area contributed by atoms with E-state index in [-0.39, 0.29) is 5.91 Å². The molecule has 6 heteroatoms. The Morgan fingerprint density at radius 2 is 1.91 bits per heavy atom. The van der Waals surface area contributed by atoms with Gasteiger partial charge in [-0.1, -0.05) is 17.7 Å². The first-order valence-electron chi connectivity index (χ1n) is 7.31. The number of nitrogens with zero attached hydrogens (tertiary/aromatic N) is 1. The molecule has 2 rings (SSSR count). The van der Waals surface area contributed by atoms with Crippen LogP contribution in [0.2, 0.25) is 0 Å². The van der Waals surface area contributed by atoms with E-state index in [4.69, 9.17) is 4.74 Å². The van der Waals surface area contributed by atoms with Crippen molar-refractivity contribution in [3.63, 3.8) is 0 Å². The number of anilines is 1. The Balaban J connectivity index is 2.02. The van der Waals surface area contributed by atoms with Crippen molar-refractivity contribution in [1.82, 2.24) is 4.98 Å². The molecule has 1 atom stereocenters. The zero-order valence-electron chi connectivity index (χ0n) is 13.9. The Bertz CT molecular complexity index is 752. The summed E-state index contributed by atoms with van der Waals surface area (Å²) in [5.41, 5.74) is 3.43. The van der Waals surface area contributed by atoms with Crippen LogP contribution in [0.1, 0.15) is 38.4 Å². The summed E-state index contributed by atoms with van der Waals surface area (Å²) in [7, 11) is 0. The Kier molecular flexibility index (Phi) is 5.15. The number of nitrogens with one attached hydrogen (secondary N) is 1. The zero-order chi connectivity index (χ0) is 17.1. The van der Waals surface area contributed by atoms with E-state index < -0.39 is 12.1 Å². The van der Waals surface area contributed by atoms with Crippen LogP contribution in [-0.4, -0.2) is 23.0 Å². The average Bonchev–Trinajstić information content (AvgIpc) is 2.80. The number of rotatable bonds is 4. The molecule has 2 aromatic rings. The third-order valence-corrected chi connectivity index (χ3v) is 4.43. The van der Waals surface area contributed by atoms with Crippen LogP contribution in [0, 0.1) is 27.7 Å². The minimum atomic E-state index is -0.884. The highest BCUT2D eigenvalue weighted by molar-refractivity contribution is 7.13. The van der Waals surface area contributed by atoms with Crippen LogP contribution >= 0.6 is 11.3 Å². The summed E-state index contributed by atoms with van der Waals surface area (Å²) in [5.74, 6) is -0.874. The largest absolute Gasteiger partial charge is 0.448 e. The lowest BCUT2D eigenvalue weighted by Crippen LogP contribution is -2.30. The molecule has 1 heterocycles. The lowest BCUT2D eigenvalue weighted by molar-refractivity contribution is -0.123. The lowest BCUT2D eigenvalue weighted by atomic mass is 10.1. The standard InChI is InChI=1S/C17H20N2O3S/c1-9-6-7-14(10(2)8-9)19-16(20)12(4)22-17(21)15-11(3)18-13(5)23-15/h6-8,12H,1-5H3,(H,19,20)/t12-/m0/s1. The molecule has 0 radical (unpaired) electrons. The third-order valence-electron chi connectivity index (χ3n) is 3.38. The molecule has 1 aromatic heterocycles. The first kappa shape index (κ1) is 17.1. The molecule has 0 aliphatic rings. The Hall–Kier alpha value is -2.21. The quantitative estimate of drug-likeness (QED) is 0.869. The minimum Gasteiger partial charge on any atom is -0.448 e. The SMILES string of the molecule is Cc1ccc(NC(=O)[C@H](C)OC(=O)c2sc(C)nc2C)c(C)c1. The highest BCUT2D eigenvalue weighted by Crippen LogP contribution is 2.20. The van der Waals surface area contributed by atoms with Gasteiger partial charge in [0.1, 0.15) is 4.88 Å². The second-order valence-electron chi connectivity index (χ2n) is 5.50. The van der Waals surface area contributed by atoms with Gasteiger partial charge in [-0.25, -0.2) is 9.78 Å². The summed E-state index contributed by atoms with van der Waals surface area (Å²) in [6.45, 7) is 9.04. The number of ether oxygens (including phenoxy) is 1. The van der Waals surface area contributed by atoms with Crippen LogP contribution in [0.25, 0.3) is 0 Å². The van der Waals surface area contributed by atoms with E-state index in [0.717, 1.165) is 16.1 Å². The van der Waals surface area contributed by atoms with Gasteiger partial charge in [-0.3, -0.25) is 4.79 Å². The van der Waals surface area contributed by atoms with E-state index in [9.17, 15) is 9.59 Å². The maximum atomic E-state index is 12.2. The maximum absolute atomic E-state index is 12.2. The van der Waals surface area contributed by atoms with Crippen LogP contribution < -0.4 is 5.32 Å². The fourth-order valence-corrected chi connectivity index (χ4v) is 2.98. The average molecular weight is 332 g/mol. The third kappa shape index (κ3) is 4.16. The van der Waals surface area contributed by atoms with Crippen molar-refractivity contribution in [2.24, 2.45) is 0 Å². The number of hydrogen-bond acceptors (Lipinski definition) is 5. The van der Waals surface area contributed by atoms with Gasteiger partial charge in [0.2, 0.25) is 0 Å². The van der Waals surface area contributed by atoms with Gasteiger partial charge in [-0.2, -0.15) is 0 Å². The molecule has 122 valence electrons. The van der Waals surface area contributed by atoms with Crippen molar-refractivity contribution in [2.75, 3.05) is 5.32 Å². The number of aromatic nitrogens is 1. The van der Waals surface area contributed by atoms with Crippen molar-refractivity contribution in [3.05, 3.63) is 44.9 Å². The fraction of sp³-hybridized carbons (Fsp3) is 0.353. The van der Waals surface area contributed by atoms with E-state index in [2.05, 4.69) is 10.3 Å². The van der Waals surface area contributed by atoms with Gasteiger partial charge >= 0.3 is 5.97 Å². The summed E-state index contributed by atoms with van der Waals surface area (Å²) < 4.78 is 5.25. The van der Waals surface area contributed by atoms with Gasteiger partial charge in [0.25, 0.3) is 5.91 Å². The molecule has 0 fully saturated rings. The molecular weight excluding hydrogens is 312 g/mol. The first-order valence-corrected chi connectivity index (χ1v) is 8.12. The number of benzene rings is 1. The first-order chi connectivity index (χ1) is 10.8. The van der Waals surface area contributed by atoms with Gasteiger partial charge < -0.3 is 10.1 Å². The predicted molar refractivity (Wildman–Crippen MR) is 91.0 cm³/mol. The Morgan fingerprint density at radius 3 is 2.48 bits per heavy atom. The Labute approximate surface area is 139 Å². The van der Waals surface area contributed by atoms with Crippen molar-refractivity contribution in [3.8, 4) is 0 Å². The number of carbonyl (C=O) groups is 2. The van der Waals surface area contributed by atoms with Crippen LogP contribution in [0.5, 0.6) is 0 Å². The van der Waals surface area contributed by atoms with Crippen LogP contribution in [-0.2, 0) is 9.53 Å². The van der Waals surface area contributed by atoms with Crippen LogP contribution in [0.4, 0.5) is 5.69 Å². The number of amides is 1. The summed E-state index contributed by atoms with van der Waals surface area (Å²) in [5, 5.41) is 3.58. The van der Waals surface area contributed by atoms with E-state index in [1.54, 1.807) is 13.8 Å². The van der Waals surface area contributed by atoms with E-state index >= 15 is 0 Å². The van der Waals surface area contributed by atoms with E-state index in [1.807, 2.05) is 39.0 Å².